The second kappa shape index (κ2) is 6.42. The second-order valence-corrected chi connectivity index (χ2v) is 5.38. The predicted molar refractivity (Wildman–Crippen MR) is 79.2 cm³/mol. The molecule has 1 aromatic heterocycles. The molecule has 1 heterocycles. The molecule has 20 heavy (non-hydrogen) atoms. The third-order valence-electron chi connectivity index (χ3n) is 2.62. The Morgan fingerprint density at radius 2 is 2.30 bits per heavy atom. The minimum Gasteiger partial charge on any atom is -0.465 e. The molecule has 0 aliphatic rings. The maximum absolute atomic E-state index is 11.7. The lowest BCUT2D eigenvalue weighted by molar-refractivity contribution is 0.0602. The lowest BCUT2D eigenvalue weighted by Crippen LogP contribution is -2.07. The lowest BCUT2D eigenvalue weighted by Gasteiger charge is -2.10. The van der Waals surface area contributed by atoms with E-state index < -0.39 is 5.97 Å². The Morgan fingerprint density at radius 1 is 1.50 bits per heavy atom. The van der Waals surface area contributed by atoms with Gasteiger partial charge in [0.15, 0.2) is 0 Å². The van der Waals surface area contributed by atoms with E-state index in [4.69, 9.17) is 21.6 Å². The van der Waals surface area contributed by atoms with Crippen molar-refractivity contribution in [3.8, 4) is 6.07 Å². The number of benzene rings is 1. The van der Waals surface area contributed by atoms with Crippen LogP contribution in [0.4, 0.5) is 5.69 Å². The summed E-state index contributed by atoms with van der Waals surface area (Å²) in [5.41, 5.74) is 1.67. The van der Waals surface area contributed by atoms with Crippen molar-refractivity contribution in [3.63, 3.8) is 0 Å². The highest BCUT2D eigenvalue weighted by Crippen LogP contribution is 2.23. The zero-order valence-corrected chi connectivity index (χ0v) is 12.2. The first-order valence-electron chi connectivity index (χ1n) is 5.73. The van der Waals surface area contributed by atoms with Gasteiger partial charge in [0.05, 0.1) is 18.2 Å². The molecule has 0 amide bonds. The van der Waals surface area contributed by atoms with Crippen molar-refractivity contribution in [2.75, 3.05) is 12.4 Å². The summed E-state index contributed by atoms with van der Waals surface area (Å²) in [6, 6.07) is 8.88. The van der Waals surface area contributed by atoms with Gasteiger partial charge in [-0.3, -0.25) is 0 Å². The van der Waals surface area contributed by atoms with E-state index in [2.05, 4.69) is 11.4 Å². The van der Waals surface area contributed by atoms with Crippen LogP contribution in [-0.2, 0) is 11.3 Å². The van der Waals surface area contributed by atoms with Crippen LogP contribution in [0.2, 0.25) is 5.02 Å². The average Bonchev–Trinajstić information content (AvgIpc) is 2.93. The Balaban J connectivity index is 2.17. The number of thiophene rings is 1. The van der Waals surface area contributed by atoms with Crippen molar-refractivity contribution >= 4 is 34.6 Å². The zero-order valence-electron chi connectivity index (χ0n) is 10.6. The summed E-state index contributed by atoms with van der Waals surface area (Å²) in [5.74, 6) is -0.445. The van der Waals surface area contributed by atoms with Crippen molar-refractivity contribution in [1.82, 2.24) is 0 Å². The number of methoxy groups -OCH3 is 1. The van der Waals surface area contributed by atoms with Gasteiger partial charge in [0.1, 0.15) is 6.07 Å². The molecule has 1 N–H and O–H groups in total. The standard InChI is InChI=1S/C14H11ClN2O2S/c1-19-14(18)12-5-10(15)2-3-13(12)17-7-11-4-9(6-16)8-20-11/h2-5,8,17H,7H2,1H3. The molecule has 6 heteroatoms. The SMILES string of the molecule is COC(=O)c1cc(Cl)ccc1NCc1cc(C#N)cs1. The van der Waals surface area contributed by atoms with Crippen molar-refractivity contribution in [3.05, 3.63) is 50.7 Å². The minimum atomic E-state index is -0.445. The third-order valence-corrected chi connectivity index (χ3v) is 3.79. The van der Waals surface area contributed by atoms with Gasteiger partial charge in [-0.2, -0.15) is 5.26 Å². The number of nitrogens with zero attached hydrogens (tertiary/aromatic N) is 1. The summed E-state index contributed by atoms with van der Waals surface area (Å²) in [7, 11) is 1.32. The smallest absolute Gasteiger partial charge is 0.340 e. The molecular formula is C14H11ClN2O2S. The van der Waals surface area contributed by atoms with Gasteiger partial charge in [0.2, 0.25) is 0 Å². The number of anilines is 1. The van der Waals surface area contributed by atoms with Crippen LogP contribution >= 0.6 is 22.9 Å². The van der Waals surface area contributed by atoms with Crippen LogP contribution in [0.1, 0.15) is 20.8 Å². The highest BCUT2D eigenvalue weighted by molar-refractivity contribution is 7.10. The van der Waals surface area contributed by atoms with Gasteiger partial charge < -0.3 is 10.1 Å². The summed E-state index contributed by atoms with van der Waals surface area (Å²) in [5, 5.41) is 14.2. The number of carbonyl (C=O) groups is 1. The first kappa shape index (κ1) is 14.4. The number of hydrogen-bond acceptors (Lipinski definition) is 5. The Hall–Kier alpha value is -2.03. The molecule has 102 valence electrons. The number of ether oxygens (including phenoxy) is 1. The second-order valence-electron chi connectivity index (χ2n) is 3.95. The fraction of sp³-hybridized carbons (Fsp3) is 0.143. The fourth-order valence-electron chi connectivity index (χ4n) is 1.66. The first-order chi connectivity index (χ1) is 9.63. The van der Waals surface area contributed by atoms with E-state index in [1.807, 2.05) is 6.07 Å². The van der Waals surface area contributed by atoms with Gasteiger partial charge in [-0.15, -0.1) is 11.3 Å². The summed E-state index contributed by atoms with van der Waals surface area (Å²) in [4.78, 5) is 12.7. The Labute approximate surface area is 125 Å². The highest BCUT2D eigenvalue weighted by atomic mass is 35.5. The molecule has 0 saturated heterocycles. The Morgan fingerprint density at radius 3 is 2.95 bits per heavy atom. The van der Waals surface area contributed by atoms with Crippen LogP contribution in [-0.4, -0.2) is 13.1 Å². The van der Waals surface area contributed by atoms with Gasteiger partial charge in [-0.05, 0) is 24.3 Å². The van der Waals surface area contributed by atoms with E-state index in [9.17, 15) is 4.79 Å². The molecule has 0 radical (unpaired) electrons. The average molecular weight is 307 g/mol. The maximum atomic E-state index is 11.7. The predicted octanol–water partition coefficient (Wildman–Crippen LogP) is 3.67. The molecule has 2 aromatic rings. The molecule has 1 aromatic carbocycles. The van der Waals surface area contributed by atoms with Crippen molar-refractivity contribution in [1.29, 1.82) is 5.26 Å². The Kier molecular flexibility index (Phi) is 4.61. The monoisotopic (exact) mass is 306 g/mol. The lowest BCUT2D eigenvalue weighted by atomic mass is 10.1. The third kappa shape index (κ3) is 3.29. The summed E-state index contributed by atoms with van der Waals surface area (Å²) in [6.45, 7) is 0.526. The summed E-state index contributed by atoms with van der Waals surface area (Å²) in [6.07, 6.45) is 0. The number of nitrogens with one attached hydrogen (secondary N) is 1. The molecule has 0 atom stereocenters. The molecule has 0 bridgehead atoms. The van der Waals surface area contributed by atoms with Crippen LogP contribution in [0.3, 0.4) is 0 Å². The number of halogens is 1. The van der Waals surface area contributed by atoms with E-state index in [0.29, 0.717) is 28.4 Å². The largest absolute Gasteiger partial charge is 0.465 e. The number of carbonyl (C=O) groups excluding carboxylic acids is 1. The molecule has 0 fully saturated rings. The van der Waals surface area contributed by atoms with Crippen molar-refractivity contribution in [2.24, 2.45) is 0 Å². The zero-order chi connectivity index (χ0) is 14.5. The van der Waals surface area contributed by atoms with Gasteiger partial charge in [-0.1, -0.05) is 11.6 Å². The van der Waals surface area contributed by atoms with Crippen LogP contribution in [0.15, 0.2) is 29.6 Å². The van der Waals surface area contributed by atoms with Gasteiger partial charge >= 0.3 is 5.97 Å². The molecule has 2 rings (SSSR count). The normalized spacial score (nSPS) is 9.85. The van der Waals surface area contributed by atoms with Crippen LogP contribution in [0.25, 0.3) is 0 Å². The van der Waals surface area contributed by atoms with Gasteiger partial charge in [-0.25, -0.2) is 4.79 Å². The molecule has 0 aliphatic carbocycles. The first-order valence-corrected chi connectivity index (χ1v) is 6.99. The number of nitriles is 1. The van der Waals surface area contributed by atoms with E-state index in [-0.39, 0.29) is 0 Å². The maximum Gasteiger partial charge on any atom is 0.340 e. The molecular weight excluding hydrogens is 296 g/mol. The molecule has 0 spiro atoms. The fourth-order valence-corrected chi connectivity index (χ4v) is 2.59. The molecule has 0 saturated carbocycles. The summed E-state index contributed by atoms with van der Waals surface area (Å²) < 4.78 is 4.73. The van der Waals surface area contributed by atoms with Crippen LogP contribution < -0.4 is 5.32 Å². The van der Waals surface area contributed by atoms with E-state index in [1.165, 1.54) is 18.4 Å². The Bertz CT molecular complexity index is 676. The molecule has 0 aliphatic heterocycles. The highest BCUT2D eigenvalue weighted by Gasteiger charge is 2.12. The van der Waals surface area contributed by atoms with Crippen molar-refractivity contribution < 1.29 is 9.53 Å². The van der Waals surface area contributed by atoms with Crippen LogP contribution in [0.5, 0.6) is 0 Å². The molecule has 0 unspecified atom stereocenters. The minimum absolute atomic E-state index is 0.386. The van der Waals surface area contributed by atoms with Gasteiger partial charge in [0.25, 0.3) is 0 Å². The summed E-state index contributed by atoms with van der Waals surface area (Å²) >= 11 is 7.38. The van der Waals surface area contributed by atoms with E-state index in [1.54, 1.807) is 23.6 Å². The number of hydrogen-bond donors (Lipinski definition) is 1. The van der Waals surface area contributed by atoms with Crippen molar-refractivity contribution in [2.45, 2.75) is 6.54 Å². The van der Waals surface area contributed by atoms with E-state index in [0.717, 1.165) is 4.88 Å². The van der Waals surface area contributed by atoms with Gasteiger partial charge in [0, 0.05) is 27.5 Å². The number of esters is 1. The van der Waals surface area contributed by atoms with E-state index >= 15 is 0 Å². The quantitative estimate of drug-likeness (QED) is 0.875. The van der Waals surface area contributed by atoms with Crippen LogP contribution in [0, 0.1) is 11.3 Å². The topological polar surface area (TPSA) is 62.1 Å². The molecule has 4 nitrogen and oxygen atoms in total. The number of rotatable bonds is 4.